The molecular formula is C26H22N2O5S. The second-order valence-electron chi connectivity index (χ2n) is 8.16. The van der Waals surface area contributed by atoms with Crippen LogP contribution in [0.2, 0.25) is 0 Å². The van der Waals surface area contributed by atoms with Crippen LogP contribution in [0, 0.1) is 0 Å². The maximum absolute atomic E-state index is 12.8. The highest BCUT2D eigenvalue weighted by atomic mass is 32.2. The Labute approximate surface area is 200 Å². The summed E-state index contributed by atoms with van der Waals surface area (Å²) in [5, 5.41) is 12.0. The van der Waals surface area contributed by atoms with Crippen LogP contribution in [0.5, 0.6) is 0 Å². The van der Waals surface area contributed by atoms with Crippen molar-refractivity contribution in [1.29, 1.82) is 0 Å². The van der Waals surface area contributed by atoms with E-state index >= 15 is 0 Å². The fourth-order valence-electron chi connectivity index (χ4n) is 4.50. The third-order valence-electron chi connectivity index (χ3n) is 6.13. The number of thioether (sulfide) groups is 1. The Morgan fingerprint density at radius 3 is 2.32 bits per heavy atom. The standard InChI is InChI=1S/C26H22N2O5S/c29-24(28-15-34-14-23(28)25(30)31)16-6-5-7-17(12-16)27-26(32)33-13-22-20-10-3-1-8-18(20)19-9-2-4-11-21(19)22/h1-12,22-23H,13-15H2,(H,27,32)(H,30,31). The molecule has 34 heavy (non-hydrogen) atoms. The first-order valence-corrected chi connectivity index (χ1v) is 12.0. The summed E-state index contributed by atoms with van der Waals surface area (Å²) in [5.41, 5.74) is 5.27. The van der Waals surface area contributed by atoms with E-state index in [1.54, 1.807) is 18.2 Å². The van der Waals surface area contributed by atoms with Gasteiger partial charge in [-0.05, 0) is 40.5 Å². The summed E-state index contributed by atoms with van der Waals surface area (Å²) in [6.07, 6.45) is -0.619. The van der Waals surface area contributed by atoms with E-state index in [4.69, 9.17) is 4.74 Å². The Balaban J connectivity index is 1.26. The van der Waals surface area contributed by atoms with Gasteiger partial charge < -0.3 is 14.7 Å². The van der Waals surface area contributed by atoms with Gasteiger partial charge >= 0.3 is 12.1 Å². The highest BCUT2D eigenvalue weighted by molar-refractivity contribution is 7.99. The molecule has 7 nitrogen and oxygen atoms in total. The van der Waals surface area contributed by atoms with Crippen LogP contribution >= 0.6 is 11.8 Å². The summed E-state index contributed by atoms with van der Waals surface area (Å²) in [5.74, 6) is -0.773. The normalized spacial score (nSPS) is 16.6. The van der Waals surface area contributed by atoms with E-state index in [0.717, 1.165) is 22.3 Å². The molecule has 1 aliphatic heterocycles. The number of carbonyl (C=O) groups excluding carboxylic acids is 2. The number of fused-ring (bicyclic) bond motifs is 3. The van der Waals surface area contributed by atoms with Crippen LogP contribution in [0.3, 0.4) is 0 Å². The lowest BCUT2D eigenvalue weighted by molar-refractivity contribution is -0.140. The summed E-state index contributed by atoms with van der Waals surface area (Å²) in [6.45, 7) is 0.184. The summed E-state index contributed by atoms with van der Waals surface area (Å²) < 4.78 is 5.57. The lowest BCUT2D eigenvalue weighted by Crippen LogP contribution is -2.41. The molecule has 3 aromatic rings. The zero-order chi connectivity index (χ0) is 23.7. The number of carboxylic acids is 1. The number of benzene rings is 3. The Hall–Kier alpha value is -3.78. The van der Waals surface area contributed by atoms with Gasteiger partial charge in [0.15, 0.2) is 0 Å². The smallest absolute Gasteiger partial charge is 0.411 e. The predicted octanol–water partition coefficient (Wildman–Crippen LogP) is 4.65. The summed E-state index contributed by atoms with van der Waals surface area (Å²) >= 11 is 1.40. The van der Waals surface area contributed by atoms with E-state index in [-0.39, 0.29) is 18.4 Å². The molecule has 0 aromatic heterocycles. The Morgan fingerprint density at radius 1 is 0.971 bits per heavy atom. The highest BCUT2D eigenvalue weighted by Crippen LogP contribution is 2.44. The third-order valence-corrected chi connectivity index (χ3v) is 7.14. The van der Waals surface area contributed by atoms with Crippen LogP contribution in [0.25, 0.3) is 11.1 Å². The predicted molar refractivity (Wildman–Crippen MR) is 130 cm³/mol. The van der Waals surface area contributed by atoms with Crippen LogP contribution in [0.1, 0.15) is 27.4 Å². The van der Waals surface area contributed by atoms with Gasteiger partial charge in [0.05, 0.1) is 5.88 Å². The van der Waals surface area contributed by atoms with E-state index in [0.29, 0.717) is 22.9 Å². The van der Waals surface area contributed by atoms with Gasteiger partial charge in [0, 0.05) is 22.9 Å². The van der Waals surface area contributed by atoms with Gasteiger partial charge in [-0.25, -0.2) is 9.59 Å². The van der Waals surface area contributed by atoms with Crippen LogP contribution in [-0.4, -0.2) is 52.3 Å². The van der Waals surface area contributed by atoms with E-state index in [9.17, 15) is 19.5 Å². The van der Waals surface area contributed by atoms with Gasteiger partial charge in [0.1, 0.15) is 12.6 Å². The molecule has 1 fully saturated rings. The van der Waals surface area contributed by atoms with Crippen LogP contribution < -0.4 is 5.32 Å². The molecule has 0 radical (unpaired) electrons. The molecule has 1 saturated heterocycles. The molecule has 1 heterocycles. The van der Waals surface area contributed by atoms with Crippen LogP contribution in [0.15, 0.2) is 72.8 Å². The van der Waals surface area contributed by atoms with Crippen molar-refractivity contribution in [2.45, 2.75) is 12.0 Å². The minimum absolute atomic E-state index is 0.0494. The summed E-state index contributed by atoms with van der Waals surface area (Å²) in [7, 11) is 0. The Bertz CT molecular complexity index is 1230. The molecule has 1 unspecified atom stereocenters. The van der Waals surface area contributed by atoms with E-state index in [1.807, 2.05) is 24.3 Å². The number of hydrogen-bond donors (Lipinski definition) is 2. The SMILES string of the molecule is O=C(Nc1cccc(C(=O)N2CSCC2C(=O)O)c1)OCC1c2ccccc2-c2ccccc21. The van der Waals surface area contributed by atoms with Gasteiger partial charge in [0.2, 0.25) is 0 Å². The molecule has 1 atom stereocenters. The van der Waals surface area contributed by atoms with Gasteiger partial charge in [0.25, 0.3) is 5.91 Å². The topological polar surface area (TPSA) is 95.9 Å². The van der Waals surface area contributed by atoms with Crippen molar-refractivity contribution in [2.24, 2.45) is 0 Å². The number of anilines is 1. The van der Waals surface area contributed by atoms with Crippen molar-refractivity contribution in [2.75, 3.05) is 23.6 Å². The molecule has 8 heteroatoms. The van der Waals surface area contributed by atoms with E-state index in [1.165, 1.54) is 22.7 Å². The van der Waals surface area contributed by atoms with Crippen molar-refractivity contribution in [3.8, 4) is 11.1 Å². The molecule has 2 aliphatic rings. The second-order valence-corrected chi connectivity index (χ2v) is 9.16. The lowest BCUT2D eigenvalue weighted by atomic mass is 9.98. The lowest BCUT2D eigenvalue weighted by Gasteiger charge is -2.20. The maximum atomic E-state index is 12.8. The minimum Gasteiger partial charge on any atom is -0.480 e. The number of hydrogen-bond acceptors (Lipinski definition) is 5. The Kier molecular flexibility index (Phi) is 5.98. The number of amides is 2. The van der Waals surface area contributed by atoms with Crippen molar-refractivity contribution >= 4 is 35.4 Å². The van der Waals surface area contributed by atoms with Crippen molar-refractivity contribution in [3.05, 3.63) is 89.5 Å². The zero-order valence-electron chi connectivity index (χ0n) is 18.1. The quantitative estimate of drug-likeness (QED) is 0.559. The molecular weight excluding hydrogens is 452 g/mol. The monoisotopic (exact) mass is 474 g/mol. The largest absolute Gasteiger partial charge is 0.480 e. The number of ether oxygens (including phenoxy) is 1. The second kappa shape index (κ2) is 9.23. The van der Waals surface area contributed by atoms with Gasteiger partial charge in [-0.1, -0.05) is 54.6 Å². The average molecular weight is 475 g/mol. The molecule has 0 saturated carbocycles. The zero-order valence-corrected chi connectivity index (χ0v) is 19.0. The first kappa shape index (κ1) is 22.0. The van der Waals surface area contributed by atoms with E-state index in [2.05, 4.69) is 29.6 Å². The van der Waals surface area contributed by atoms with Gasteiger partial charge in [-0.3, -0.25) is 10.1 Å². The van der Waals surface area contributed by atoms with Gasteiger partial charge in [-0.15, -0.1) is 11.8 Å². The van der Waals surface area contributed by atoms with Gasteiger partial charge in [-0.2, -0.15) is 0 Å². The highest BCUT2D eigenvalue weighted by Gasteiger charge is 2.35. The van der Waals surface area contributed by atoms with Crippen molar-refractivity contribution < 1.29 is 24.2 Å². The molecule has 5 rings (SSSR count). The number of carbonyl (C=O) groups is 3. The average Bonchev–Trinajstić information content (AvgIpc) is 3.46. The molecule has 0 spiro atoms. The molecule has 2 amide bonds. The molecule has 1 aliphatic carbocycles. The number of carboxylic acid groups (broad SMARTS) is 1. The number of rotatable bonds is 5. The summed E-state index contributed by atoms with van der Waals surface area (Å²) in [6, 6.07) is 21.8. The summed E-state index contributed by atoms with van der Waals surface area (Å²) in [4.78, 5) is 38.1. The molecule has 0 bridgehead atoms. The molecule has 172 valence electrons. The molecule has 2 N–H and O–H groups in total. The van der Waals surface area contributed by atoms with E-state index < -0.39 is 18.1 Å². The van der Waals surface area contributed by atoms with Crippen LogP contribution in [0.4, 0.5) is 10.5 Å². The number of aliphatic carboxylic acids is 1. The first-order chi connectivity index (χ1) is 16.5. The van der Waals surface area contributed by atoms with Crippen LogP contribution in [-0.2, 0) is 9.53 Å². The first-order valence-electron chi connectivity index (χ1n) is 10.9. The Morgan fingerprint density at radius 2 is 1.65 bits per heavy atom. The molecule has 3 aromatic carbocycles. The number of nitrogens with zero attached hydrogens (tertiary/aromatic N) is 1. The fourth-order valence-corrected chi connectivity index (χ4v) is 5.64. The minimum atomic E-state index is -1.02. The van der Waals surface area contributed by atoms with Crippen molar-refractivity contribution in [1.82, 2.24) is 4.90 Å². The number of nitrogens with one attached hydrogen (secondary N) is 1. The third kappa shape index (κ3) is 4.12. The van der Waals surface area contributed by atoms with Crippen molar-refractivity contribution in [3.63, 3.8) is 0 Å². The maximum Gasteiger partial charge on any atom is 0.411 e. The fraction of sp³-hybridized carbons (Fsp3) is 0.192.